The Hall–Kier alpha value is -2.82. The van der Waals surface area contributed by atoms with E-state index in [1.54, 1.807) is 24.3 Å². The molecular formula is C18H20N2O3. The van der Waals surface area contributed by atoms with Crippen molar-refractivity contribution in [2.45, 2.75) is 13.8 Å². The van der Waals surface area contributed by atoms with Crippen molar-refractivity contribution in [3.05, 3.63) is 59.2 Å². The maximum atomic E-state index is 12.2. The molecule has 0 aliphatic heterocycles. The molecule has 0 saturated carbocycles. The molecule has 0 aromatic heterocycles. The summed E-state index contributed by atoms with van der Waals surface area (Å²) in [4.78, 5) is 23.8. The molecule has 0 radical (unpaired) electrons. The molecule has 120 valence electrons. The lowest BCUT2D eigenvalue weighted by atomic mass is 10.1. The Balaban J connectivity index is 2.04. The molecule has 5 heteroatoms. The number of hydrogen-bond donors (Lipinski definition) is 2. The summed E-state index contributed by atoms with van der Waals surface area (Å²) in [5, 5.41) is 5.87. The molecule has 2 N–H and O–H groups in total. The number of rotatable bonds is 5. The van der Waals surface area contributed by atoms with Gasteiger partial charge in [-0.3, -0.25) is 4.79 Å². The molecule has 0 unspecified atom stereocenters. The lowest BCUT2D eigenvalue weighted by Gasteiger charge is -2.13. The van der Waals surface area contributed by atoms with Gasteiger partial charge in [-0.15, -0.1) is 0 Å². The van der Waals surface area contributed by atoms with Gasteiger partial charge in [0.1, 0.15) is 0 Å². The SMILES string of the molecule is COC(=O)c1ccccc1NCC(=O)Nc1c(C)cccc1C. The summed E-state index contributed by atoms with van der Waals surface area (Å²) in [7, 11) is 1.33. The molecule has 0 fully saturated rings. The number of esters is 1. The standard InChI is InChI=1S/C18H20N2O3/c1-12-7-6-8-13(2)17(12)20-16(21)11-19-15-10-5-4-9-14(15)18(22)23-3/h4-10,19H,11H2,1-3H3,(H,20,21). The Bertz CT molecular complexity index is 706. The van der Waals surface area contributed by atoms with Gasteiger partial charge in [0.05, 0.1) is 19.2 Å². The van der Waals surface area contributed by atoms with Crippen LogP contribution in [0.3, 0.4) is 0 Å². The van der Waals surface area contributed by atoms with E-state index in [1.165, 1.54) is 7.11 Å². The summed E-state index contributed by atoms with van der Waals surface area (Å²) < 4.78 is 4.73. The average Bonchev–Trinajstić information content (AvgIpc) is 2.56. The van der Waals surface area contributed by atoms with E-state index >= 15 is 0 Å². The van der Waals surface area contributed by atoms with Gasteiger partial charge in [-0.05, 0) is 37.1 Å². The smallest absolute Gasteiger partial charge is 0.339 e. The van der Waals surface area contributed by atoms with Crippen molar-refractivity contribution in [1.29, 1.82) is 0 Å². The van der Waals surface area contributed by atoms with Crippen LogP contribution in [-0.4, -0.2) is 25.5 Å². The van der Waals surface area contributed by atoms with E-state index in [0.717, 1.165) is 16.8 Å². The number of ether oxygens (including phenoxy) is 1. The lowest BCUT2D eigenvalue weighted by Crippen LogP contribution is -2.23. The van der Waals surface area contributed by atoms with Crippen LogP contribution in [0.25, 0.3) is 0 Å². The maximum Gasteiger partial charge on any atom is 0.339 e. The number of nitrogens with one attached hydrogen (secondary N) is 2. The molecule has 23 heavy (non-hydrogen) atoms. The Labute approximate surface area is 135 Å². The first-order valence-corrected chi connectivity index (χ1v) is 7.30. The van der Waals surface area contributed by atoms with Crippen LogP contribution < -0.4 is 10.6 Å². The predicted octanol–water partition coefficient (Wildman–Crippen LogP) is 3.14. The first kappa shape index (κ1) is 16.5. The zero-order valence-electron chi connectivity index (χ0n) is 13.5. The third-order valence-electron chi connectivity index (χ3n) is 3.52. The normalized spacial score (nSPS) is 10.0. The van der Waals surface area contributed by atoms with Crippen molar-refractivity contribution in [1.82, 2.24) is 0 Å². The maximum absolute atomic E-state index is 12.2. The first-order chi connectivity index (χ1) is 11.0. The number of hydrogen-bond acceptors (Lipinski definition) is 4. The Kier molecular flexibility index (Phi) is 5.36. The van der Waals surface area contributed by atoms with E-state index < -0.39 is 5.97 Å². The molecule has 0 bridgehead atoms. The number of aryl methyl sites for hydroxylation is 2. The van der Waals surface area contributed by atoms with Crippen LogP contribution in [0.15, 0.2) is 42.5 Å². The number of benzene rings is 2. The predicted molar refractivity (Wildman–Crippen MR) is 90.8 cm³/mol. The fourth-order valence-electron chi connectivity index (χ4n) is 2.30. The van der Waals surface area contributed by atoms with E-state index in [9.17, 15) is 9.59 Å². The highest BCUT2D eigenvalue weighted by molar-refractivity contribution is 5.98. The third kappa shape index (κ3) is 4.10. The highest BCUT2D eigenvalue weighted by atomic mass is 16.5. The first-order valence-electron chi connectivity index (χ1n) is 7.30. The average molecular weight is 312 g/mol. The van der Waals surface area contributed by atoms with Gasteiger partial charge in [0, 0.05) is 11.4 Å². The van der Waals surface area contributed by atoms with Crippen molar-refractivity contribution in [3.8, 4) is 0 Å². The molecule has 0 aliphatic rings. The van der Waals surface area contributed by atoms with Crippen molar-refractivity contribution in [3.63, 3.8) is 0 Å². The van der Waals surface area contributed by atoms with E-state index in [2.05, 4.69) is 10.6 Å². The summed E-state index contributed by atoms with van der Waals surface area (Å²) in [6.07, 6.45) is 0. The number of methoxy groups -OCH3 is 1. The molecule has 2 rings (SSSR count). The zero-order valence-corrected chi connectivity index (χ0v) is 13.5. The van der Waals surface area contributed by atoms with Gasteiger partial charge in [-0.25, -0.2) is 4.79 Å². The molecule has 0 heterocycles. The molecule has 2 aromatic rings. The van der Waals surface area contributed by atoms with Crippen LogP contribution in [0.2, 0.25) is 0 Å². The molecule has 5 nitrogen and oxygen atoms in total. The molecule has 0 atom stereocenters. The fourth-order valence-corrected chi connectivity index (χ4v) is 2.30. The summed E-state index contributed by atoms with van der Waals surface area (Å²) in [5.41, 5.74) is 3.80. The van der Waals surface area contributed by atoms with Crippen LogP contribution in [0.1, 0.15) is 21.5 Å². The van der Waals surface area contributed by atoms with Gasteiger partial charge >= 0.3 is 5.97 Å². The van der Waals surface area contributed by atoms with Crippen molar-refractivity contribution in [2.75, 3.05) is 24.3 Å². The number of amides is 1. The van der Waals surface area contributed by atoms with E-state index in [-0.39, 0.29) is 12.5 Å². The van der Waals surface area contributed by atoms with Crippen molar-refractivity contribution < 1.29 is 14.3 Å². The molecule has 0 spiro atoms. The van der Waals surface area contributed by atoms with Crippen LogP contribution in [0, 0.1) is 13.8 Å². The van der Waals surface area contributed by atoms with Gasteiger partial charge < -0.3 is 15.4 Å². The van der Waals surface area contributed by atoms with Gasteiger partial charge in [-0.2, -0.15) is 0 Å². The van der Waals surface area contributed by atoms with E-state index in [4.69, 9.17) is 4.74 Å². The zero-order chi connectivity index (χ0) is 16.8. The van der Waals surface area contributed by atoms with Crippen molar-refractivity contribution >= 4 is 23.3 Å². The van der Waals surface area contributed by atoms with Crippen LogP contribution in [0.5, 0.6) is 0 Å². The Morgan fingerprint density at radius 1 is 1.00 bits per heavy atom. The highest BCUT2D eigenvalue weighted by Crippen LogP contribution is 2.19. The summed E-state index contributed by atoms with van der Waals surface area (Å²) in [5.74, 6) is -0.620. The lowest BCUT2D eigenvalue weighted by molar-refractivity contribution is -0.114. The van der Waals surface area contributed by atoms with Gasteiger partial charge in [-0.1, -0.05) is 30.3 Å². The Morgan fingerprint density at radius 2 is 1.65 bits per heavy atom. The van der Waals surface area contributed by atoms with E-state index in [0.29, 0.717) is 11.3 Å². The van der Waals surface area contributed by atoms with Gasteiger partial charge in [0.15, 0.2) is 0 Å². The number of carbonyl (C=O) groups is 2. The second kappa shape index (κ2) is 7.45. The third-order valence-corrected chi connectivity index (χ3v) is 3.52. The van der Waals surface area contributed by atoms with Crippen LogP contribution in [0.4, 0.5) is 11.4 Å². The minimum absolute atomic E-state index is 0.0573. The minimum Gasteiger partial charge on any atom is -0.465 e. The largest absolute Gasteiger partial charge is 0.465 e. The van der Waals surface area contributed by atoms with Gasteiger partial charge in [0.2, 0.25) is 5.91 Å². The monoisotopic (exact) mass is 312 g/mol. The summed E-state index contributed by atoms with van der Waals surface area (Å²) in [6.45, 7) is 3.95. The van der Waals surface area contributed by atoms with E-state index in [1.807, 2.05) is 32.0 Å². The number of anilines is 2. The molecule has 1 amide bonds. The second-order valence-corrected chi connectivity index (χ2v) is 5.21. The van der Waals surface area contributed by atoms with Gasteiger partial charge in [0.25, 0.3) is 0 Å². The quantitative estimate of drug-likeness (QED) is 0.832. The molecule has 2 aromatic carbocycles. The molecular weight excluding hydrogens is 292 g/mol. The highest BCUT2D eigenvalue weighted by Gasteiger charge is 2.12. The second-order valence-electron chi connectivity index (χ2n) is 5.21. The number of para-hydroxylation sites is 2. The fraction of sp³-hybridized carbons (Fsp3) is 0.222. The number of carbonyl (C=O) groups excluding carboxylic acids is 2. The Morgan fingerprint density at radius 3 is 2.30 bits per heavy atom. The topological polar surface area (TPSA) is 67.4 Å². The van der Waals surface area contributed by atoms with Crippen molar-refractivity contribution in [2.24, 2.45) is 0 Å². The molecule has 0 aliphatic carbocycles. The van der Waals surface area contributed by atoms with Crippen LogP contribution in [-0.2, 0) is 9.53 Å². The summed E-state index contributed by atoms with van der Waals surface area (Å²) in [6, 6.07) is 12.8. The molecule has 0 saturated heterocycles. The van der Waals surface area contributed by atoms with Crippen LogP contribution >= 0.6 is 0 Å². The minimum atomic E-state index is -0.441. The summed E-state index contributed by atoms with van der Waals surface area (Å²) >= 11 is 0.